The molecule has 3 heteroatoms. The van der Waals surface area contributed by atoms with Crippen molar-refractivity contribution in [2.75, 3.05) is 0 Å². The molecule has 60 valence electrons. The quantitative estimate of drug-likeness (QED) is 0.695. The standard InChI is InChI=1S/C9H6BrNO/c10-9-7(3-1-5-11-9)8-4-2-6-12-8/h1-6H. The van der Waals surface area contributed by atoms with Crippen LogP contribution < -0.4 is 0 Å². The van der Waals surface area contributed by atoms with Crippen LogP contribution in [0.5, 0.6) is 0 Å². The van der Waals surface area contributed by atoms with Crippen LogP contribution in [0.2, 0.25) is 0 Å². The number of furan rings is 1. The van der Waals surface area contributed by atoms with Gasteiger partial charge in [0.05, 0.1) is 11.8 Å². The van der Waals surface area contributed by atoms with Crippen molar-refractivity contribution in [3.05, 3.63) is 41.3 Å². The fraction of sp³-hybridized carbons (Fsp3) is 0. The summed E-state index contributed by atoms with van der Waals surface area (Å²) in [4.78, 5) is 4.09. The lowest BCUT2D eigenvalue weighted by atomic mass is 10.2. The van der Waals surface area contributed by atoms with Gasteiger partial charge in [-0.05, 0) is 40.2 Å². The highest BCUT2D eigenvalue weighted by Crippen LogP contribution is 2.25. The minimum Gasteiger partial charge on any atom is -0.464 e. The Hall–Kier alpha value is -1.09. The second-order valence-corrected chi connectivity index (χ2v) is 3.07. The number of hydrogen-bond acceptors (Lipinski definition) is 2. The van der Waals surface area contributed by atoms with E-state index in [2.05, 4.69) is 20.9 Å². The summed E-state index contributed by atoms with van der Waals surface area (Å²) in [5.74, 6) is 0.829. The predicted octanol–water partition coefficient (Wildman–Crippen LogP) is 3.10. The van der Waals surface area contributed by atoms with Crippen molar-refractivity contribution >= 4 is 15.9 Å². The maximum Gasteiger partial charge on any atom is 0.136 e. The second-order valence-electron chi connectivity index (χ2n) is 2.32. The smallest absolute Gasteiger partial charge is 0.136 e. The van der Waals surface area contributed by atoms with Crippen LogP contribution in [-0.4, -0.2) is 4.98 Å². The zero-order chi connectivity index (χ0) is 8.39. The average Bonchev–Trinajstić information content (AvgIpc) is 2.57. The Morgan fingerprint density at radius 3 is 2.83 bits per heavy atom. The molecule has 0 unspecified atom stereocenters. The molecule has 2 nitrogen and oxygen atoms in total. The number of hydrogen-bond donors (Lipinski definition) is 0. The van der Waals surface area contributed by atoms with E-state index in [1.807, 2.05) is 24.3 Å². The molecule has 0 N–H and O–H groups in total. The second kappa shape index (κ2) is 3.11. The van der Waals surface area contributed by atoms with E-state index in [1.54, 1.807) is 12.5 Å². The highest BCUT2D eigenvalue weighted by atomic mass is 79.9. The Morgan fingerprint density at radius 2 is 2.17 bits per heavy atom. The lowest BCUT2D eigenvalue weighted by molar-refractivity contribution is 0.581. The molecule has 0 saturated carbocycles. The van der Waals surface area contributed by atoms with Crippen molar-refractivity contribution in [2.24, 2.45) is 0 Å². The molecule has 0 bridgehead atoms. The van der Waals surface area contributed by atoms with Gasteiger partial charge in [-0.25, -0.2) is 4.98 Å². The van der Waals surface area contributed by atoms with E-state index in [-0.39, 0.29) is 0 Å². The summed E-state index contributed by atoms with van der Waals surface area (Å²) < 4.78 is 6.04. The highest BCUT2D eigenvalue weighted by Gasteiger charge is 2.04. The van der Waals surface area contributed by atoms with Crippen LogP contribution in [0, 0.1) is 0 Å². The molecule has 0 aliphatic carbocycles. The molecule has 0 aromatic carbocycles. The summed E-state index contributed by atoms with van der Waals surface area (Å²) in [6, 6.07) is 7.59. The van der Waals surface area contributed by atoms with Crippen LogP contribution in [-0.2, 0) is 0 Å². The maximum atomic E-state index is 5.23. The van der Waals surface area contributed by atoms with Gasteiger partial charge in [0, 0.05) is 6.20 Å². The van der Waals surface area contributed by atoms with Crippen LogP contribution in [0.25, 0.3) is 11.3 Å². The SMILES string of the molecule is Brc1ncccc1-c1ccco1. The number of nitrogens with zero attached hydrogens (tertiary/aromatic N) is 1. The molecule has 2 aromatic rings. The first-order valence-corrected chi connectivity index (χ1v) is 4.31. The van der Waals surface area contributed by atoms with Crippen molar-refractivity contribution in [3.8, 4) is 11.3 Å². The largest absolute Gasteiger partial charge is 0.464 e. The molecule has 0 aliphatic heterocycles. The number of halogens is 1. The van der Waals surface area contributed by atoms with E-state index in [1.165, 1.54) is 0 Å². The van der Waals surface area contributed by atoms with E-state index in [9.17, 15) is 0 Å². The predicted molar refractivity (Wildman–Crippen MR) is 49.6 cm³/mol. The van der Waals surface area contributed by atoms with Crippen LogP contribution in [0.15, 0.2) is 45.7 Å². The molecule has 12 heavy (non-hydrogen) atoms. The zero-order valence-electron chi connectivity index (χ0n) is 6.20. The number of pyridine rings is 1. The Kier molecular flexibility index (Phi) is 1.96. The summed E-state index contributed by atoms with van der Waals surface area (Å²) >= 11 is 3.35. The van der Waals surface area contributed by atoms with Crippen molar-refractivity contribution in [1.29, 1.82) is 0 Å². The van der Waals surface area contributed by atoms with Crippen LogP contribution in [0.3, 0.4) is 0 Å². The normalized spacial score (nSPS) is 10.1. The highest BCUT2D eigenvalue weighted by molar-refractivity contribution is 9.10. The topological polar surface area (TPSA) is 26.0 Å². The molecule has 2 aromatic heterocycles. The van der Waals surface area contributed by atoms with Crippen molar-refractivity contribution in [3.63, 3.8) is 0 Å². The Bertz CT molecular complexity index is 370. The summed E-state index contributed by atoms with van der Waals surface area (Å²) in [6.45, 7) is 0. The van der Waals surface area contributed by atoms with Gasteiger partial charge in [-0.15, -0.1) is 0 Å². The minimum absolute atomic E-state index is 0.806. The molecule has 0 radical (unpaired) electrons. The third kappa shape index (κ3) is 1.28. The van der Waals surface area contributed by atoms with Gasteiger partial charge in [0.15, 0.2) is 0 Å². The number of aromatic nitrogens is 1. The molecule has 0 atom stereocenters. The van der Waals surface area contributed by atoms with Crippen molar-refractivity contribution in [1.82, 2.24) is 4.98 Å². The van der Waals surface area contributed by atoms with Gasteiger partial charge in [-0.1, -0.05) is 0 Å². The minimum atomic E-state index is 0.806. The van der Waals surface area contributed by atoms with Crippen LogP contribution in [0.1, 0.15) is 0 Å². The van der Waals surface area contributed by atoms with E-state index < -0.39 is 0 Å². The Morgan fingerprint density at radius 1 is 1.25 bits per heavy atom. The molecule has 0 aliphatic rings. The average molecular weight is 224 g/mol. The number of rotatable bonds is 1. The van der Waals surface area contributed by atoms with E-state index >= 15 is 0 Å². The summed E-state index contributed by atoms with van der Waals surface area (Å²) in [5.41, 5.74) is 0.975. The summed E-state index contributed by atoms with van der Waals surface area (Å²) in [7, 11) is 0. The molecule has 0 spiro atoms. The van der Waals surface area contributed by atoms with Gasteiger partial charge in [0.2, 0.25) is 0 Å². The summed E-state index contributed by atoms with van der Waals surface area (Å²) in [5, 5.41) is 0. The monoisotopic (exact) mass is 223 g/mol. The Balaban J connectivity index is 2.55. The fourth-order valence-electron chi connectivity index (χ4n) is 1.00. The lowest BCUT2D eigenvalue weighted by Crippen LogP contribution is -1.79. The molecule has 2 heterocycles. The van der Waals surface area contributed by atoms with Gasteiger partial charge >= 0.3 is 0 Å². The van der Waals surface area contributed by atoms with Crippen molar-refractivity contribution < 1.29 is 4.42 Å². The van der Waals surface area contributed by atoms with Crippen LogP contribution >= 0.6 is 15.9 Å². The third-order valence-electron chi connectivity index (χ3n) is 1.55. The fourth-order valence-corrected chi connectivity index (χ4v) is 1.45. The zero-order valence-corrected chi connectivity index (χ0v) is 7.78. The molecule has 0 saturated heterocycles. The molecular weight excluding hydrogens is 218 g/mol. The molecule has 0 amide bonds. The maximum absolute atomic E-state index is 5.23. The van der Waals surface area contributed by atoms with E-state index in [0.29, 0.717) is 0 Å². The first-order valence-electron chi connectivity index (χ1n) is 3.52. The van der Waals surface area contributed by atoms with Crippen molar-refractivity contribution in [2.45, 2.75) is 0 Å². The molecule has 2 rings (SSSR count). The summed E-state index contributed by atoms with van der Waals surface area (Å²) in [6.07, 6.45) is 3.38. The van der Waals surface area contributed by atoms with Gasteiger partial charge in [0.25, 0.3) is 0 Å². The first kappa shape index (κ1) is 7.55. The van der Waals surface area contributed by atoms with Gasteiger partial charge < -0.3 is 4.42 Å². The van der Waals surface area contributed by atoms with E-state index in [0.717, 1.165) is 15.9 Å². The first-order chi connectivity index (χ1) is 5.88. The molecular formula is C9H6BrNO. The van der Waals surface area contributed by atoms with Gasteiger partial charge in [0.1, 0.15) is 10.4 Å². The third-order valence-corrected chi connectivity index (χ3v) is 2.18. The van der Waals surface area contributed by atoms with Gasteiger partial charge in [-0.2, -0.15) is 0 Å². The molecule has 0 fully saturated rings. The van der Waals surface area contributed by atoms with Crippen LogP contribution in [0.4, 0.5) is 0 Å². The van der Waals surface area contributed by atoms with Gasteiger partial charge in [-0.3, -0.25) is 0 Å². The Labute approximate surface area is 78.4 Å². The van der Waals surface area contributed by atoms with E-state index in [4.69, 9.17) is 4.42 Å². The lowest BCUT2D eigenvalue weighted by Gasteiger charge is -1.97.